The van der Waals surface area contributed by atoms with E-state index in [9.17, 15) is 9.59 Å². The first-order valence-corrected chi connectivity index (χ1v) is 9.30. The molecule has 1 N–H and O–H groups in total. The second-order valence-corrected chi connectivity index (χ2v) is 7.25. The highest BCUT2D eigenvalue weighted by Gasteiger charge is 2.31. The molecule has 24 heavy (non-hydrogen) atoms. The van der Waals surface area contributed by atoms with Crippen molar-refractivity contribution in [3.63, 3.8) is 0 Å². The zero-order chi connectivity index (χ0) is 16.9. The molecule has 0 spiro atoms. The molecular weight excluding hydrogens is 300 g/mol. The summed E-state index contributed by atoms with van der Waals surface area (Å²) in [5, 5.41) is 3.04. The summed E-state index contributed by atoms with van der Waals surface area (Å²) in [4.78, 5) is 26.9. The summed E-state index contributed by atoms with van der Waals surface area (Å²) in [5.41, 5.74) is 1.21. The van der Waals surface area contributed by atoms with Crippen LogP contribution < -0.4 is 5.32 Å². The Bertz CT molecular complexity index is 566. The Hall–Kier alpha value is -1.84. The molecule has 3 rings (SSSR count). The van der Waals surface area contributed by atoms with Crippen molar-refractivity contribution in [1.29, 1.82) is 0 Å². The van der Waals surface area contributed by atoms with Gasteiger partial charge in [0.25, 0.3) is 0 Å². The average molecular weight is 328 g/mol. The minimum atomic E-state index is -0.0948. The smallest absolute Gasteiger partial charge is 0.225 e. The normalized spacial score (nSPS) is 22.5. The molecule has 4 nitrogen and oxygen atoms in total. The van der Waals surface area contributed by atoms with Gasteiger partial charge in [-0.3, -0.25) is 9.59 Å². The fraction of sp³-hybridized carbons (Fsp3) is 0.600. The predicted octanol–water partition coefficient (Wildman–Crippen LogP) is 3.44. The van der Waals surface area contributed by atoms with Gasteiger partial charge < -0.3 is 10.2 Å². The number of benzene rings is 1. The van der Waals surface area contributed by atoms with Crippen molar-refractivity contribution in [2.45, 2.75) is 64.0 Å². The van der Waals surface area contributed by atoms with Gasteiger partial charge in [0.05, 0.1) is 6.04 Å². The Morgan fingerprint density at radius 3 is 2.54 bits per heavy atom. The molecule has 1 aliphatic carbocycles. The molecule has 1 aromatic rings. The van der Waals surface area contributed by atoms with Gasteiger partial charge in [0.2, 0.25) is 11.8 Å². The van der Waals surface area contributed by atoms with E-state index in [-0.39, 0.29) is 29.8 Å². The maximum absolute atomic E-state index is 12.7. The number of hydrogen-bond donors (Lipinski definition) is 1. The second-order valence-electron chi connectivity index (χ2n) is 7.25. The monoisotopic (exact) mass is 328 g/mol. The van der Waals surface area contributed by atoms with Gasteiger partial charge in [-0.15, -0.1) is 0 Å². The number of nitrogens with one attached hydrogen (secondary N) is 1. The molecule has 1 heterocycles. The largest absolute Gasteiger partial charge is 0.353 e. The number of carbonyl (C=O) groups is 2. The first kappa shape index (κ1) is 17.0. The van der Waals surface area contributed by atoms with Crippen LogP contribution in [-0.4, -0.2) is 29.3 Å². The zero-order valence-electron chi connectivity index (χ0n) is 14.5. The van der Waals surface area contributed by atoms with Crippen molar-refractivity contribution in [3.05, 3.63) is 35.9 Å². The summed E-state index contributed by atoms with van der Waals surface area (Å²) in [6.45, 7) is 2.76. The third-order valence-electron chi connectivity index (χ3n) is 5.35. The first-order valence-electron chi connectivity index (χ1n) is 9.30. The number of carbonyl (C=O) groups excluding carboxylic acids is 2. The number of rotatable bonds is 5. The van der Waals surface area contributed by atoms with Crippen molar-refractivity contribution in [3.8, 4) is 0 Å². The number of likely N-dealkylation sites (tertiary alicyclic amines) is 1. The molecule has 0 radical (unpaired) electrons. The summed E-state index contributed by atoms with van der Waals surface area (Å²) in [5.74, 6) is 0.445. The SMILES string of the molecule is C[C@@H](CC(=O)N1CCC[C@@H]1c1ccccc1)NC(=O)C1CCCC1. The molecule has 1 saturated heterocycles. The maximum Gasteiger partial charge on any atom is 0.225 e. The molecule has 0 bridgehead atoms. The topological polar surface area (TPSA) is 49.4 Å². The minimum Gasteiger partial charge on any atom is -0.353 e. The Balaban J connectivity index is 1.54. The van der Waals surface area contributed by atoms with Crippen LogP contribution in [-0.2, 0) is 9.59 Å². The highest BCUT2D eigenvalue weighted by Crippen LogP contribution is 2.32. The van der Waals surface area contributed by atoms with Gasteiger partial charge in [0.1, 0.15) is 0 Å². The molecule has 2 fully saturated rings. The van der Waals surface area contributed by atoms with Gasteiger partial charge >= 0.3 is 0 Å². The lowest BCUT2D eigenvalue weighted by Crippen LogP contribution is -2.41. The first-order chi connectivity index (χ1) is 11.6. The van der Waals surface area contributed by atoms with E-state index < -0.39 is 0 Å². The molecule has 1 aliphatic heterocycles. The number of amides is 2. The van der Waals surface area contributed by atoms with E-state index in [1.165, 1.54) is 5.56 Å². The van der Waals surface area contributed by atoms with Crippen LogP contribution in [0.25, 0.3) is 0 Å². The van der Waals surface area contributed by atoms with Crippen molar-refractivity contribution in [2.75, 3.05) is 6.54 Å². The molecule has 1 aromatic carbocycles. The summed E-state index contributed by atoms with van der Waals surface area (Å²) >= 11 is 0. The van der Waals surface area contributed by atoms with Crippen LogP contribution in [0.15, 0.2) is 30.3 Å². The molecular formula is C20H28N2O2. The fourth-order valence-electron chi connectivity index (χ4n) is 4.07. The summed E-state index contributed by atoms with van der Waals surface area (Å²) in [7, 11) is 0. The molecule has 130 valence electrons. The van der Waals surface area contributed by atoms with Crippen molar-refractivity contribution < 1.29 is 9.59 Å². The Morgan fingerprint density at radius 1 is 1.12 bits per heavy atom. The summed E-state index contributed by atoms with van der Waals surface area (Å²) < 4.78 is 0. The molecule has 2 aliphatic rings. The van der Waals surface area contributed by atoms with E-state index in [4.69, 9.17) is 0 Å². The van der Waals surface area contributed by atoms with Gasteiger partial charge in [-0.2, -0.15) is 0 Å². The Kier molecular flexibility index (Phi) is 5.54. The van der Waals surface area contributed by atoms with Crippen molar-refractivity contribution in [2.24, 2.45) is 5.92 Å². The van der Waals surface area contributed by atoms with Crippen LogP contribution in [0.2, 0.25) is 0 Å². The van der Waals surface area contributed by atoms with Gasteiger partial charge in [-0.05, 0) is 38.2 Å². The zero-order valence-corrected chi connectivity index (χ0v) is 14.5. The number of hydrogen-bond acceptors (Lipinski definition) is 2. The van der Waals surface area contributed by atoms with E-state index in [0.29, 0.717) is 6.42 Å². The van der Waals surface area contributed by atoms with Gasteiger partial charge in [0.15, 0.2) is 0 Å². The van der Waals surface area contributed by atoms with E-state index >= 15 is 0 Å². The van der Waals surface area contributed by atoms with E-state index in [1.54, 1.807) is 0 Å². The third-order valence-corrected chi connectivity index (χ3v) is 5.35. The Labute approximate surface area is 144 Å². The van der Waals surface area contributed by atoms with E-state index in [1.807, 2.05) is 30.0 Å². The maximum atomic E-state index is 12.7. The highest BCUT2D eigenvalue weighted by molar-refractivity contribution is 5.81. The lowest BCUT2D eigenvalue weighted by Gasteiger charge is -2.27. The Morgan fingerprint density at radius 2 is 1.83 bits per heavy atom. The van der Waals surface area contributed by atoms with Crippen molar-refractivity contribution in [1.82, 2.24) is 10.2 Å². The fourth-order valence-corrected chi connectivity index (χ4v) is 4.07. The highest BCUT2D eigenvalue weighted by atomic mass is 16.2. The number of nitrogens with zero attached hydrogens (tertiary/aromatic N) is 1. The van der Waals surface area contributed by atoms with E-state index in [2.05, 4.69) is 17.4 Å². The van der Waals surface area contributed by atoms with Crippen LogP contribution >= 0.6 is 0 Å². The quantitative estimate of drug-likeness (QED) is 0.900. The van der Waals surface area contributed by atoms with Crippen molar-refractivity contribution >= 4 is 11.8 Å². The third kappa shape index (κ3) is 3.97. The lowest BCUT2D eigenvalue weighted by atomic mass is 10.0. The van der Waals surface area contributed by atoms with Crippen LogP contribution in [0, 0.1) is 5.92 Å². The molecule has 0 aromatic heterocycles. The van der Waals surface area contributed by atoms with Crippen LogP contribution in [0.4, 0.5) is 0 Å². The van der Waals surface area contributed by atoms with Crippen LogP contribution in [0.5, 0.6) is 0 Å². The average Bonchev–Trinajstić information content (AvgIpc) is 3.27. The summed E-state index contributed by atoms with van der Waals surface area (Å²) in [6, 6.07) is 10.4. The minimum absolute atomic E-state index is 0.0948. The lowest BCUT2D eigenvalue weighted by molar-refractivity contribution is -0.133. The molecule has 2 amide bonds. The molecule has 4 heteroatoms. The van der Waals surface area contributed by atoms with Gasteiger partial charge in [-0.1, -0.05) is 43.2 Å². The van der Waals surface area contributed by atoms with Gasteiger partial charge in [-0.25, -0.2) is 0 Å². The summed E-state index contributed by atoms with van der Waals surface area (Å²) in [6.07, 6.45) is 6.76. The van der Waals surface area contributed by atoms with Crippen LogP contribution in [0.1, 0.15) is 63.5 Å². The predicted molar refractivity (Wildman–Crippen MR) is 94.3 cm³/mol. The van der Waals surface area contributed by atoms with E-state index in [0.717, 1.165) is 45.1 Å². The van der Waals surface area contributed by atoms with Gasteiger partial charge in [0, 0.05) is 24.9 Å². The second kappa shape index (κ2) is 7.82. The van der Waals surface area contributed by atoms with Crippen LogP contribution in [0.3, 0.4) is 0 Å². The molecule has 1 saturated carbocycles. The molecule has 0 unspecified atom stereocenters. The molecule has 2 atom stereocenters. The standard InChI is InChI=1S/C20H28N2O2/c1-15(21-20(24)17-10-5-6-11-17)14-19(23)22-13-7-12-18(22)16-8-3-2-4-9-16/h2-4,8-9,15,17-18H,5-7,10-14H2,1H3,(H,21,24)/t15-,18+/m0/s1.